The second kappa shape index (κ2) is 7.24. The van der Waals surface area contributed by atoms with Crippen LogP contribution < -0.4 is 0 Å². The van der Waals surface area contributed by atoms with Crippen molar-refractivity contribution >= 4 is 31.9 Å². The zero-order valence-corrected chi connectivity index (χ0v) is 12.2. The van der Waals surface area contributed by atoms with Crippen LogP contribution in [0.15, 0.2) is 0 Å². The highest BCUT2D eigenvalue weighted by Crippen LogP contribution is 2.17. The molecule has 0 aromatic carbocycles. The largest absolute Gasteiger partial charge is 0.324 e. The Morgan fingerprint density at radius 3 is 1.77 bits per heavy atom. The van der Waals surface area contributed by atoms with E-state index < -0.39 is 0 Å². The van der Waals surface area contributed by atoms with Gasteiger partial charge in [0.05, 0.1) is 29.9 Å². The Bertz CT molecular complexity index is 114. The van der Waals surface area contributed by atoms with Crippen molar-refractivity contribution in [2.24, 2.45) is 0 Å². The van der Waals surface area contributed by atoms with Crippen molar-refractivity contribution in [3.05, 3.63) is 0 Å². The molecule has 0 radical (unpaired) electrons. The summed E-state index contributed by atoms with van der Waals surface area (Å²) in [6.45, 7) is 12.0. The molecule has 0 aromatic rings. The molecule has 0 N–H and O–H groups in total. The smallest absolute Gasteiger partial charge is 0.0787 e. The van der Waals surface area contributed by atoms with Crippen LogP contribution >= 0.6 is 31.9 Å². The Balaban J connectivity index is 3.81. The molecule has 0 aliphatic heterocycles. The van der Waals surface area contributed by atoms with Gasteiger partial charge in [0.25, 0.3) is 0 Å². The van der Waals surface area contributed by atoms with E-state index in [1.165, 1.54) is 43.5 Å². The Morgan fingerprint density at radius 1 is 1.00 bits per heavy atom. The molecule has 3 heteroatoms. The minimum absolute atomic E-state index is 0.493. The zero-order chi connectivity index (χ0) is 10.3. The van der Waals surface area contributed by atoms with Crippen molar-refractivity contribution < 1.29 is 4.48 Å². The first kappa shape index (κ1) is 13.9. The second-order valence-corrected chi connectivity index (χ2v) is 6.99. The third kappa shape index (κ3) is 5.38. The maximum absolute atomic E-state index is 3.52. The highest BCUT2D eigenvalue weighted by molar-refractivity contribution is 9.24. The number of rotatable bonds is 7. The molecule has 0 atom stereocenters. The fraction of sp³-hybridized carbons (Fsp3) is 1.00. The SMILES string of the molecule is CC[N+](CC)(CC)CCCC(Br)Br. The first-order valence-corrected chi connectivity index (χ1v) is 7.06. The van der Waals surface area contributed by atoms with E-state index in [2.05, 4.69) is 52.6 Å². The minimum Gasteiger partial charge on any atom is -0.324 e. The third-order valence-electron chi connectivity index (χ3n) is 3.07. The summed E-state index contributed by atoms with van der Waals surface area (Å²) in [6.07, 6.45) is 2.52. The van der Waals surface area contributed by atoms with Gasteiger partial charge in [-0.2, -0.15) is 0 Å². The summed E-state index contributed by atoms with van der Waals surface area (Å²) in [5.41, 5.74) is 0. The summed E-state index contributed by atoms with van der Waals surface area (Å²) >= 11 is 7.04. The van der Waals surface area contributed by atoms with Gasteiger partial charge in [-0.05, 0) is 33.6 Å². The maximum Gasteiger partial charge on any atom is 0.0787 e. The standard InChI is InChI=1S/C10H22Br2N/c1-4-13(5-2,6-3)9-7-8-10(11)12/h10H,4-9H2,1-3H3/q+1. The van der Waals surface area contributed by atoms with Crippen LogP contribution in [0.1, 0.15) is 33.6 Å². The molecule has 0 aromatic heterocycles. The fourth-order valence-corrected chi connectivity index (χ4v) is 2.37. The van der Waals surface area contributed by atoms with E-state index in [1.54, 1.807) is 0 Å². The maximum atomic E-state index is 3.52. The average Bonchev–Trinajstić information content (AvgIpc) is 2.13. The lowest BCUT2D eigenvalue weighted by Gasteiger charge is -2.35. The van der Waals surface area contributed by atoms with Crippen LogP contribution in [0.2, 0.25) is 0 Å². The van der Waals surface area contributed by atoms with E-state index in [0.29, 0.717) is 3.74 Å². The molecular formula is C10H22Br2N+. The molecule has 1 nitrogen and oxygen atoms in total. The number of alkyl halides is 2. The van der Waals surface area contributed by atoms with Gasteiger partial charge in [-0.1, -0.05) is 31.9 Å². The quantitative estimate of drug-likeness (QED) is 0.496. The van der Waals surface area contributed by atoms with Crippen LogP contribution in [0.3, 0.4) is 0 Å². The van der Waals surface area contributed by atoms with Crippen molar-refractivity contribution in [3.63, 3.8) is 0 Å². The van der Waals surface area contributed by atoms with E-state index >= 15 is 0 Å². The van der Waals surface area contributed by atoms with Crippen molar-refractivity contribution in [2.45, 2.75) is 37.3 Å². The van der Waals surface area contributed by atoms with Crippen molar-refractivity contribution in [2.75, 3.05) is 26.2 Å². The number of hydrogen-bond acceptors (Lipinski definition) is 0. The first-order chi connectivity index (χ1) is 6.10. The molecule has 80 valence electrons. The molecule has 0 amide bonds. The molecule has 0 heterocycles. The van der Waals surface area contributed by atoms with Gasteiger partial charge in [0.15, 0.2) is 0 Å². The van der Waals surface area contributed by atoms with Crippen molar-refractivity contribution in [1.29, 1.82) is 0 Å². The predicted octanol–water partition coefficient (Wildman–Crippen LogP) is 3.76. The number of nitrogens with zero attached hydrogens (tertiary/aromatic N) is 1. The number of hydrogen-bond donors (Lipinski definition) is 0. The summed E-state index contributed by atoms with van der Waals surface area (Å²) in [4.78, 5) is 0. The summed E-state index contributed by atoms with van der Waals surface area (Å²) in [5.74, 6) is 0. The Hall–Kier alpha value is 0.920. The number of halogens is 2. The third-order valence-corrected chi connectivity index (χ3v) is 3.98. The Morgan fingerprint density at radius 2 is 1.46 bits per heavy atom. The van der Waals surface area contributed by atoms with Gasteiger partial charge in [0.2, 0.25) is 0 Å². The predicted molar refractivity (Wildman–Crippen MR) is 67.6 cm³/mol. The highest BCUT2D eigenvalue weighted by Gasteiger charge is 2.19. The van der Waals surface area contributed by atoms with E-state index in [4.69, 9.17) is 0 Å². The van der Waals surface area contributed by atoms with Gasteiger partial charge < -0.3 is 4.48 Å². The molecule has 0 unspecified atom stereocenters. The van der Waals surface area contributed by atoms with Crippen LogP contribution in [-0.4, -0.2) is 34.4 Å². The Labute approximate surface area is 99.7 Å². The fourth-order valence-electron chi connectivity index (χ4n) is 1.73. The molecule has 13 heavy (non-hydrogen) atoms. The van der Waals surface area contributed by atoms with Gasteiger partial charge >= 0.3 is 0 Å². The monoisotopic (exact) mass is 314 g/mol. The van der Waals surface area contributed by atoms with Crippen LogP contribution in [-0.2, 0) is 0 Å². The molecule has 0 spiro atoms. The lowest BCUT2D eigenvalue weighted by Crippen LogP contribution is -2.48. The topological polar surface area (TPSA) is 0 Å². The first-order valence-electron chi connectivity index (χ1n) is 5.23. The summed E-state index contributed by atoms with van der Waals surface area (Å²) in [7, 11) is 0. The normalized spacial score (nSPS) is 12.5. The van der Waals surface area contributed by atoms with Crippen molar-refractivity contribution in [1.82, 2.24) is 0 Å². The van der Waals surface area contributed by atoms with E-state index in [1.807, 2.05) is 0 Å². The van der Waals surface area contributed by atoms with Crippen LogP contribution in [0.5, 0.6) is 0 Å². The average molecular weight is 316 g/mol. The van der Waals surface area contributed by atoms with Gasteiger partial charge in [-0.25, -0.2) is 0 Å². The highest BCUT2D eigenvalue weighted by atomic mass is 79.9. The summed E-state index contributed by atoms with van der Waals surface area (Å²) in [6, 6.07) is 0. The molecule has 0 saturated carbocycles. The van der Waals surface area contributed by atoms with Gasteiger partial charge in [-0.3, -0.25) is 0 Å². The van der Waals surface area contributed by atoms with Crippen LogP contribution in [0.25, 0.3) is 0 Å². The van der Waals surface area contributed by atoms with E-state index in [-0.39, 0.29) is 0 Å². The Kier molecular flexibility index (Phi) is 7.76. The lowest BCUT2D eigenvalue weighted by molar-refractivity contribution is -0.923. The van der Waals surface area contributed by atoms with Gasteiger partial charge in [0, 0.05) is 0 Å². The molecule has 0 bridgehead atoms. The van der Waals surface area contributed by atoms with E-state index in [0.717, 1.165) is 0 Å². The van der Waals surface area contributed by atoms with Crippen LogP contribution in [0, 0.1) is 0 Å². The molecule has 0 fully saturated rings. The molecule has 0 aliphatic rings. The van der Waals surface area contributed by atoms with Crippen molar-refractivity contribution in [3.8, 4) is 0 Å². The second-order valence-electron chi connectivity index (χ2n) is 3.55. The molecule has 0 saturated heterocycles. The number of quaternary nitrogens is 1. The van der Waals surface area contributed by atoms with Gasteiger partial charge in [-0.15, -0.1) is 0 Å². The molecular weight excluding hydrogens is 294 g/mol. The van der Waals surface area contributed by atoms with E-state index in [9.17, 15) is 0 Å². The molecule has 0 rings (SSSR count). The van der Waals surface area contributed by atoms with Crippen LogP contribution in [0.4, 0.5) is 0 Å². The summed E-state index contributed by atoms with van der Waals surface area (Å²) in [5, 5.41) is 0. The minimum atomic E-state index is 0.493. The lowest BCUT2D eigenvalue weighted by atomic mass is 10.2. The molecule has 0 aliphatic carbocycles. The zero-order valence-electron chi connectivity index (χ0n) is 9.02. The van der Waals surface area contributed by atoms with Gasteiger partial charge in [0.1, 0.15) is 0 Å². The summed E-state index contributed by atoms with van der Waals surface area (Å²) < 4.78 is 1.76.